The van der Waals surface area contributed by atoms with Crippen molar-refractivity contribution in [2.24, 2.45) is 0 Å². The first kappa shape index (κ1) is 14.7. The standard InChI is InChI=1S/C14H23N5O/c1-13(2)20-10-7-15-4-3-14(18-8-5-16-11-18)19-9-6-17-12-19/h5-6,8-9,11-15H,3-4,7,10H2,1-2H3. The van der Waals surface area contributed by atoms with Crippen LogP contribution in [0.25, 0.3) is 0 Å². The molecule has 0 saturated carbocycles. The van der Waals surface area contributed by atoms with Crippen molar-refractivity contribution >= 4 is 0 Å². The van der Waals surface area contributed by atoms with Crippen LogP contribution in [0.2, 0.25) is 0 Å². The second kappa shape index (κ2) is 7.81. The maximum absolute atomic E-state index is 5.50. The first-order chi connectivity index (χ1) is 9.77. The van der Waals surface area contributed by atoms with Gasteiger partial charge in [-0.05, 0) is 26.8 Å². The number of nitrogens with zero attached hydrogens (tertiary/aromatic N) is 4. The molecular weight excluding hydrogens is 254 g/mol. The Hall–Kier alpha value is -1.66. The summed E-state index contributed by atoms with van der Waals surface area (Å²) in [5, 5.41) is 3.40. The Kier molecular flexibility index (Phi) is 5.76. The summed E-state index contributed by atoms with van der Waals surface area (Å²) in [7, 11) is 0. The van der Waals surface area contributed by atoms with E-state index < -0.39 is 0 Å². The van der Waals surface area contributed by atoms with Gasteiger partial charge in [0.2, 0.25) is 0 Å². The molecule has 0 bridgehead atoms. The molecule has 0 saturated heterocycles. The van der Waals surface area contributed by atoms with E-state index >= 15 is 0 Å². The van der Waals surface area contributed by atoms with Crippen LogP contribution >= 0.6 is 0 Å². The minimum Gasteiger partial charge on any atom is -0.377 e. The van der Waals surface area contributed by atoms with Crippen LogP contribution in [0.5, 0.6) is 0 Å². The Balaban J connectivity index is 1.78. The van der Waals surface area contributed by atoms with E-state index in [4.69, 9.17) is 4.74 Å². The molecule has 110 valence electrons. The van der Waals surface area contributed by atoms with Crippen molar-refractivity contribution in [3.8, 4) is 0 Å². The van der Waals surface area contributed by atoms with Crippen LogP contribution in [0.1, 0.15) is 26.4 Å². The summed E-state index contributed by atoms with van der Waals surface area (Å²) in [4.78, 5) is 8.24. The lowest BCUT2D eigenvalue weighted by Crippen LogP contribution is -2.26. The van der Waals surface area contributed by atoms with Crippen molar-refractivity contribution in [2.45, 2.75) is 32.5 Å². The van der Waals surface area contributed by atoms with Gasteiger partial charge in [-0.1, -0.05) is 0 Å². The molecule has 0 spiro atoms. The predicted octanol–water partition coefficient (Wildman–Crippen LogP) is 1.53. The first-order valence-corrected chi connectivity index (χ1v) is 7.04. The largest absolute Gasteiger partial charge is 0.377 e. The molecular formula is C14H23N5O. The number of hydrogen-bond donors (Lipinski definition) is 1. The van der Waals surface area contributed by atoms with E-state index in [1.807, 2.05) is 38.9 Å². The predicted molar refractivity (Wildman–Crippen MR) is 77.5 cm³/mol. The molecule has 2 aromatic rings. The zero-order valence-electron chi connectivity index (χ0n) is 12.1. The second-order valence-electron chi connectivity index (χ2n) is 4.96. The summed E-state index contributed by atoms with van der Waals surface area (Å²) >= 11 is 0. The van der Waals surface area contributed by atoms with Gasteiger partial charge in [-0.3, -0.25) is 0 Å². The van der Waals surface area contributed by atoms with Crippen molar-refractivity contribution in [3.05, 3.63) is 37.4 Å². The van der Waals surface area contributed by atoms with Gasteiger partial charge >= 0.3 is 0 Å². The molecule has 0 aromatic carbocycles. The van der Waals surface area contributed by atoms with Crippen LogP contribution in [0.15, 0.2) is 37.4 Å². The highest BCUT2D eigenvalue weighted by Crippen LogP contribution is 2.13. The summed E-state index contributed by atoms with van der Waals surface area (Å²) in [5.41, 5.74) is 0. The fraction of sp³-hybridized carbons (Fsp3) is 0.571. The Morgan fingerprint density at radius 3 is 2.20 bits per heavy atom. The summed E-state index contributed by atoms with van der Waals surface area (Å²) in [5.74, 6) is 0. The van der Waals surface area contributed by atoms with Gasteiger partial charge in [0.05, 0.1) is 25.4 Å². The molecule has 1 N–H and O–H groups in total. The molecule has 20 heavy (non-hydrogen) atoms. The highest BCUT2D eigenvalue weighted by molar-refractivity contribution is 4.86. The van der Waals surface area contributed by atoms with Gasteiger partial charge in [0.15, 0.2) is 0 Å². The Morgan fingerprint density at radius 1 is 1.05 bits per heavy atom. The van der Waals surface area contributed by atoms with E-state index in [9.17, 15) is 0 Å². The van der Waals surface area contributed by atoms with Gasteiger partial charge in [0.1, 0.15) is 6.17 Å². The molecule has 0 aliphatic carbocycles. The van der Waals surface area contributed by atoms with E-state index in [1.54, 1.807) is 12.4 Å². The lowest BCUT2D eigenvalue weighted by Gasteiger charge is -2.20. The summed E-state index contributed by atoms with van der Waals surface area (Å²) in [6, 6.07) is 0. The molecule has 0 atom stereocenters. The summed E-state index contributed by atoms with van der Waals surface area (Å²) < 4.78 is 9.68. The Bertz CT molecular complexity index is 418. The van der Waals surface area contributed by atoms with Gasteiger partial charge < -0.3 is 19.2 Å². The molecule has 0 radical (unpaired) electrons. The molecule has 6 nitrogen and oxygen atoms in total. The summed E-state index contributed by atoms with van der Waals surface area (Å²) in [6.07, 6.45) is 12.7. The Morgan fingerprint density at radius 2 is 1.70 bits per heavy atom. The van der Waals surface area contributed by atoms with Gasteiger partial charge in [0, 0.05) is 31.3 Å². The van der Waals surface area contributed by atoms with Crippen molar-refractivity contribution in [3.63, 3.8) is 0 Å². The average Bonchev–Trinajstić information content (AvgIpc) is 3.10. The van der Waals surface area contributed by atoms with E-state index in [-0.39, 0.29) is 6.17 Å². The van der Waals surface area contributed by atoms with E-state index in [2.05, 4.69) is 24.4 Å². The number of aromatic nitrogens is 4. The molecule has 0 aliphatic rings. The summed E-state index contributed by atoms with van der Waals surface area (Å²) in [6.45, 7) is 6.64. The topological polar surface area (TPSA) is 56.9 Å². The highest BCUT2D eigenvalue weighted by Gasteiger charge is 2.11. The molecule has 2 aromatic heterocycles. The van der Waals surface area contributed by atoms with Crippen molar-refractivity contribution in [2.75, 3.05) is 19.7 Å². The number of imidazole rings is 2. The zero-order chi connectivity index (χ0) is 14.2. The first-order valence-electron chi connectivity index (χ1n) is 7.04. The SMILES string of the molecule is CC(C)OCCNCCC(n1ccnc1)n1ccnc1. The second-order valence-corrected chi connectivity index (χ2v) is 4.96. The maximum Gasteiger partial charge on any atom is 0.113 e. The molecule has 0 unspecified atom stereocenters. The van der Waals surface area contributed by atoms with E-state index in [0.29, 0.717) is 6.10 Å². The molecule has 0 amide bonds. The fourth-order valence-corrected chi connectivity index (χ4v) is 2.07. The fourth-order valence-electron chi connectivity index (χ4n) is 2.07. The van der Waals surface area contributed by atoms with Crippen LogP contribution in [-0.2, 0) is 4.74 Å². The molecule has 0 aliphatic heterocycles. The molecule has 2 heterocycles. The minimum absolute atomic E-state index is 0.207. The number of hydrogen-bond acceptors (Lipinski definition) is 4. The van der Waals surface area contributed by atoms with Crippen molar-refractivity contribution < 1.29 is 4.74 Å². The van der Waals surface area contributed by atoms with Crippen molar-refractivity contribution in [1.29, 1.82) is 0 Å². The van der Waals surface area contributed by atoms with Gasteiger partial charge in [0.25, 0.3) is 0 Å². The Labute approximate surface area is 119 Å². The van der Waals surface area contributed by atoms with Crippen LogP contribution < -0.4 is 5.32 Å². The maximum atomic E-state index is 5.50. The molecule has 6 heteroatoms. The third-order valence-corrected chi connectivity index (χ3v) is 3.05. The van der Waals surface area contributed by atoms with Gasteiger partial charge in [-0.25, -0.2) is 9.97 Å². The van der Waals surface area contributed by atoms with Crippen LogP contribution in [0.3, 0.4) is 0 Å². The van der Waals surface area contributed by atoms with Crippen LogP contribution in [0.4, 0.5) is 0 Å². The molecule has 2 rings (SSSR count). The molecule has 0 fully saturated rings. The highest BCUT2D eigenvalue weighted by atomic mass is 16.5. The third-order valence-electron chi connectivity index (χ3n) is 3.05. The monoisotopic (exact) mass is 277 g/mol. The lowest BCUT2D eigenvalue weighted by molar-refractivity contribution is 0.0807. The van der Waals surface area contributed by atoms with E-state index in [1.165, 1.54) is 0 Å². The van der Waals surface area contributed by atoms with Gasteiger partial charge in [-0.15, -0.1) is 0 Å². The smallest absolute Gasteiger partial charge is 0.113 e. The third kappa shape index (κ3) is 4.47. The van der Waals surface area contributed by atoms with Crippen LogP contribution in [-0.4, -0.2) is 44.9 Å². The van der Waals surface area contributed by atoms with Gasteiger partial charge in [-0.2, -0.15) is 0 Å². The number of nitrogens with one attached hydrogen (secondary N) is 1. The van der Waals surface area contributed by atoms with Crippen LogP contribution in [0, 0.1) is 0 Å². The average molecular weight is 277 g/mol. The minimum atomic E-state index is 0.207. The van der Waals surface area contributed by atoms with Crippen molar-refractivity contribution in [1.82, 2.24) is 24.4 Å². The lowest BCUT2D eigenvalue weighted by atomic mass is 10.3. The zero-order valence-corrected chi connectivity index (χ0v) is 12.1. The number of rotatable bonds is 9. The quantitative estimate of drug-likeness (QED) is 0.706. The van der Waals surface area contributed by atoms with E-state index in [0.717, 1.165) is 26.1 Å². The number of ether oxygens (including phenoxy) is 1. The normalized spacial score (nSPS) is 11.6.